The molecule has 0 radical (unpaired) electrons. The molecular formula is C23H27N7O5S. The van der Waals surface area contributed by atoms with E-state index in [2.05, 4.69) is 30.0 Å². The molecule has 0 bridgehead atoms. The van der Waals surface area contributed by atoms with Gasteiger partial charge in [-0.2, -0.15) is 4.72 Å². The Morgan fingerprint density at radius 1 is 1.06 bits per heavy atom. The lowest BCUT2D eigenvalue weighted by atomic mass is 10.2. The van der Waals surface area contributed by atoms with Crippen LogP contribution < -0.4 is 14.2 Å². The third-order valence-electron chi connectivity index (χ3n) is 5.41. The Bertz CT molecular complexity index is 1290. The maximum absolute atomic E-state index is 13.5. The normalized spacial score (nSPS) is 13.8. The lowest BCUT2D eigenvalue weighted by molar-refractivity contribution is 0.0949. The van der Waals surface area contributed by atoms with Crippen LogP contribution in [0.5, 0.6) is 11.5 Å². The molecule has 0 aliphatic heterocycles. The molecule has 0 saturated carbocycles. The van der Waals surface area contributed by atoms with Crippen molar-refractivity contribution in [2.24, 2.45) is 0 Å². The highest BCUT2D eigenvalue weighted by Gasteiger charge is 2.34. The van der Waals surface area contributed by atoms with Gasteiger partial charge in [0.1, 0.15) is 22.9 Å². The van der Waals surface area contributed by atoms with E-state index < -0.39 is 22.7 Å². The number of aromatic nitrogens is 6. The molecule has 1 N–H and O–H groups in total. The van der Waals surface area contributed by atoms with E-state index in [9.17, 15) is 4.55 Å². The van der Waals surface area contributed by atoms with E-state index in [0.717, 1.165) is 5.56 Å². The number of hydrogen-bond acceptors (Lipinski definition) is 11. The summed E-state index contributed by atoms with van der Waals surface area (Å²) in [6, 6.07) is 7.06. The number of hydrogen-bond donors (Lipinski definition) is 1. The van der Waals surface area contributed by atoms with Crippen LogP contribution in [0.3, 0.4) is 0 Å². The zero-order valence-electron chi connectivity index (χ0n) is 20.8. The fourth-order valence-corrected chi connectivity index (χ4v) is 4.56. The molecule has 0 amide bonds. The molecule has 0 aliphatic rings. The van der Waals surface area contributed by atoms with Crippen molar-refractivity contribution in [2.45, 2.75) is 32.1 Å². The lowest BCUT2D eigenvalue weighted by Crippen LogP contribution is -2.33. The fourth-order valence-electron chi connectivity index (χ4n) is 3.60. The number of anilines is 1. The number of benzene rings is 1. The van der Waals surface area contributed by atoms with E-state index in [1.807, 2.05) is 6.92 Å². The van der Waals surface area contributed by atoms with Gasteiger partial charge in [0.15, 0.2) is 28.7 Å². The summed E-state index contributed by atoms with van der Waals surface area (Å²) >= 11 is -1.69. The zero-order chi connectivity index (χ0) is 25.8. The van der Waals surface area contributed by atoms with Crippen LogP contribution in [0.15, 0.2) is 41.2 Å². The largest absolute Gasteiger partial charge is 0.593 e. The summed E-state index contributed by atoms with van der Waals surface area (Å²) in [7, 11) is 4.61. The average Bonchev–Trinajstić information content (AvgIpc) is 3.50. The number of para-hydroxylation sites is 1. The number of rotatable bonds is 10. The van der Waals surface area contributed by atoms with Crippen molar-refractivity contribution in [3.05, 3.63) is 53.8 Å². The van der Waals surface area contributed by atoms with Crippen LogP contribution in [0.4, 0.5) is 5.95 Å². The van der Waals surface area contributed by atoms with Gasteiger partial charge in [0.05, 0.1) is 25.6 Å². The van der Waals surface area contributed by atoms with Crippen LogP contribution in [-0.2, 0) is 16.1 Å². The van der Waals surface area contributed by atoms with Gasteiger partial charge in [0.2, 0.25) is 0 Å². The SMILES string of the molecule is COc1cccc(OC)c1-n1c(N[S+]([O-])C(C)C(OC)c2ncc(C)cn2)nnc1-c1cc(C)on1. The molecule has 36 heavy (non-hydrogen) atoms. The van der Waals surface area contributed by atoms with Gasteiger partial charge in [-0.1, -0.05) is 11.2 Å². The van der Waals surface area contributed by atoms with E-state index in [1.165, 1.54) is 7.11 Å². The number of aryl methyl sites for hydroxylation is 2. The van der Waals surface area contributed by atoms with E-state index >= 15 is 0 Å². The second kappa shape index (κ2) is 10.9. The van der Waals surface area contributed by atoms with Crippen molar-refractivity contribution in [3.8, 4) is 28.7 Å². The smallest absolute Gasteiger partial charge is 0.271 e. The standard InChI is InChI=1S/C23H27N7O5S/c1-13-11-24-21(25-12-13)20(34-6)15(3)36(31)29-23-27-26-22(16-10-14(2)35-28-16)30(23)19-17(32-4)8-7-9-18(19)33-5/h7-12,15,20H,1-6H3,(H,27,29). The summed E-state index contributed by atoms with van der Waals surface area (Å²) in [5.74, 6) is 2.52. The van der Waals surface area contributed by atoms with Gasteiger partial charge in [-0.05, 0) is 38.5 Å². The molecule has 190 valence electrons. The first kappa shape index (κ1) is 25.4. The predicted molar refractivity (Wildman–Crippen MR) is 132 cm³/mol. The van der Waals surface area contributed by atoms with Crippen molar-refractivity contribution < 1.29 is 23.3 Å². The van der Waals surface area contributed by atoms with E-state index in [0.29, 0.717) is 40.3 Å². The first-order valence-corrected chi connectivity index (χ1v) is 12.2. The molecule has 0 aliphatic carbocycles. The van der Waals surface area contributed by atoms with E-state index in [1.54, 1.807) is 69.3 Å². The topological polar surface area (TPSA) is 145 Å². The van der Waals surface area contributed by atoms with Crippen LogP contribution in [0.25, 0.3) is 17.2 Å². The summed E-state index contributed by atoms with van der Waals surface area (Å²) in [4.78, 5) is 8.67. The molecule has 13 heteroatoms. The quantitative estimate of drug-likeness (QED) is 0.312. The van der Waals surface area contributed by atoms with Crippen molar-refractivity contribution in [1.82, 2.24) is 29.9 Å². The molecule has 3 unspecified atom stereocenters. The maximum atomic E-state index is 13.5. The molecule has 0 fully saturated rings. The first-order chi connectivity index (χ1) is 17.4. The van der Waals surface area contributed by atoms with Crippen molar-refractivity contribution in [2.75, 3.05) is 26.1 Å². The number of methoxy groups -OCH3 is 3. The monoisotopic (exact) mass is 513 g/mol. The van der Waals surface area contributed by atoms with Crippen molar-refractivity contribution >= 4 is 17.3 Å². The van der Waals surface area contributed by atoms with Gasteiger partial charge < -0.3 is 23.3 Å². The van der Waals surface area contributed by atoms with Crippen LogP contribution in [-0.4, -0.2) is 61.0 Å². The minimum absolute atomic E-state index is 0.179. The van der Waals surface area contributed by atoms with E-state index in [-0.39, 0.29) is 5.95 Å². The molecular weight excluding hydrogens is 486 g/mol. The Balaban J connectivity index is 1.76. The lowest BCUT2D eigenvalue weighted by Gasteiger charge is -2.24. The second-order valence-electron chi connectivity index (χ2n) is 7.90. The van der Waals surface area contributed by atoms with Crippen LogP contribution in [0.1, 0.15) is 30.2 Å². The van der Waals surface area contributed by atoms with Gasteiger partial charge in [-0.25, -0.2) is 14.5 Å². The van der Waals surface area contributed by atoms with Gasteiger partial charge in [-0.3, -0.25) is 0 Å². The fraction of sp³-hybridized carbons (Fsp3) is 0.348. The maximum Gasteiger partial charge on any atom is 0.271 e. The minimum Gasteiger partial charge on any atom is -0.593 e. The highest BCUT2D eigenvalue weighted by Crippen LogP contribution is 2.38. The van der Waals surface area contributed by atoms with Crippen molar-refractivity contribution in [3.63, 3.8) is 0 Å². The Hall–Kier alpha value is -3.68. The number of nitrogens with one attached hydrogen (secondary N) is 1. The van der Waals surface area contributed by atoms with Gasteiger partial charge in [0.25, 0.3) is 5.95 Å². The summed E-state index contributed by atoms with van der Waals surface area (Å²) in [5, 5.41) is 12.1. The van der Waals surface area contributed by atoms with Gasteiger partial charge in [0, 0.05) is 25.6 Å². The molecule has 0 spiro atoms. The molecule has 4 aromatic rings. The second-order valence-corrected chi connectivity index (χ2v) is 9.44. The molecule has 3 heterocycles. The molecule has 12 nitrogen and oxygen atoms in total. The Labute approximate surface area is 211 Å². The number of nitrogens with zero attached hydrogens (tertiary/aromatic N) is 6. The summed E-state index contributed by atoms with van der Waals surface area (Å²) in [6.07, 6.45) is 2.75. The Morgan fingerprint density at radius 2 is 1.72 bits per heavy atom. The Kier molecular flexibility index (Phi) is 7.72. The molecule has 0 saturated heterocycles. The van der Waals surface area contributed by atoms with Crippen molar-refractivity contribution in [1.29, 1.82) is 0 Å². The summed E-state index contributed by atoms with van der Waals surface area (Å²) in [5.41, 5.74) is 1.85. The number of ether oxygens (including phenoxy) is 3. The summed E-state index contributed by atoms with van der Waals surface area (Å²) in [6.45, 7) is 5.43. The van der Waals surface area contributed by atoms with Crippen LogP contribution in [0, 0.1) is 13.8 Å². The Morgan fingerprint density at radius 3 is 2.28 bits per heavy atom. The minimum atomic E-state index is -1.69. The third-order valence-corrected chi connectivity index (χ3v) is 6.72. The third kappa shape index (κ3) is 4.98. The van der Waals surface area contributed by atoms with Crippen LogP contribution >= 0.6 is 0 Å². The highest BCUT2D eigenvalue weighted by atomic mass is 32.2. The first-order valence-electron chi connectivity index (χ1n) is 11.0. The van der Waals surface area contributed by atoms with Gasteiger partial charge in [-0.15, -0.1) is 10.2 Å². The zero-order valence-corrected chi connectivity index (χ0v) is 21.6. The average molecular weight is 514 g/mol. The van der Waals surface area contributed by atoms with E-state index in [4.69, 9.17) is 18.7 Å². The van der Waals surface area contributed by atoms with Crippen LogP contribution in [0.2, 0.25) is 0 Å². The van der Waals surface area contributed by atoms with Gasteiger partial charge >= 0.3 is 0 Å². The summed E-state index contributed by atoms with van der Waals surface area (Å²) < 4.78 is 40.1. The predicted octanol–water partition coefficient (Wildman–Crippen LogP) is 3.20. The highest BCUT2D eigenvalue weighted by molar-refractivity contribution is 7.93. The molecule has 1 aromatic carbocycles. The molecule has 3 atom stereocenters. The molecule has 3 aromatic heterocycles. The molecule has 4 rings (SSSR count).